The first-order chi connectivity index (χ1) is 58.9. The van der Waals surface area contributed by atoms with E-state index in [2.05, 4.69) is 0 Å². The normalized spacial score (nSPS) is 37.6. The average Bonchev–Trinajstić information content (AvgIpc) is 1.75. The van der Waals surface area contributed by atoms with Crippen molar-refractivity contribution in [3.8, 4) is 0 Å². The molecule has 8 heterocycles. The lowest BCUT2D eigenvalue weighted by molar-refractivity contribution is -0.393. The van der Waals surface area contributed by atoms with E-state index >= 15 is 0 Å². The van der Waals surface area contributed by atoms with E-state index in [4.69, 9.17) is 156 Å². The van der Waals surface area contributed by atoms with Crippen LogP contribution in [0.2, 0.25) is 0 Å². The minimum atomic E-state index is -2.00. The zero-order chi connectivity index (χ0) is 90.4. The second kappa shape index (κ2) is 48.7. The van der Waals surface area contributed by atoms with Gasteiger partial charge in [-0.05, 0) is 19.1 Å². The number of nitrogens with zero attached hydrogens (tertiary/aromatic N) is 1. The Bertz CT molecular complexity index is 3490. The van der Waals surface area contributed by atoms with Crippen LogP contribution in [0.1, 0.15) is 76.1 Å². The molecule has 2 amide bonds. The Morgan fingerprint density at radius 1 is 0.325 bits per heavy atom. The van der Waals surface area contributed by atoms with Gasteiger partial charge in [-0.25, -0.2) is 0 Å². The Labute approximate surface area is 712 Å². The molecule has 34 atom stereocenters. The van der Waals surface area contributed by atoms with Crippen LogP contribution < -0.4 is 0 Å². The third kappa shape index (κ3) is 24.9. The number of fused-ring (bicyclic) bond motifs is 1. The quantitative estimate of drug-likeness (QED) is 0.0464. The predicted octanol–water partition coefficient (Wildman–Crippen LogP) is -1.11. The van der Waals surface area contributed by atoms with Gasteiger partial charge in [-0.2, -0.15) is 0 Å². The lowest BCUT2D eigenvalue weighted by atomic mass is 9.94. The van der Waals surface area contributed by atoms with Crippen LogP contribution in [0, 0.1) is 0 Å². The zero-order valence-corrected chi connectivity index (χ0v) is 73.1. The summed E-state index contributed by atoms with van der Waals surface area (Å²) in [5.74, 6) is -8.17. The molecule has 0 bridgehead atoms. The van der Waals surface area contributed by atoms with Crippen LogP contribution in [0.3, 0.4) is 0 Å². The van der Waals surface area contributed by atoms with Gasteiger partial charge in [0.25, 0.3) is 11.8 Å². The highest BCUT2D eigenvalue weighted by Crippen LogP contribution is 2.42. The van der Waals surface area contributed by atoms with Gasteiger partial charge in [-0.3, -0.25) is 48.1 Å². The Balaban J connectivity index is 0.000000544. The molecule has 1 aromatic rings. The van der Waals surface area contributed by atoms with E-state index < -0.39 is 270 Å². The number of carbonyl (C=O) groups is 9. The van der Waals surface area contributed by atoms with Gasteiger partial charge in [0.2, 0.25) is 0 Å². The molecule has 7 fully saturated rings. The minimum absolute atomic E-state index is 0.0624. The van der Waals surface area contributed by atoms with E-state index in [1.165, 1.54) is 69.0 Å². The molecule has 7 saturated heterocycles. The third-order valence-electron chi connectivity index (χ3n) is 21.7. The van der Waals surface area contributed by atoms with Crippen molar-refractivity contribution in [2.45, 2.75) is 264 Å². The molecule has 1 aromatic carbocycles. The molecule has 0 aliphatic carbocycles. The largest absolute Gasteiger partial charge is 0.463 e. The maximum Gasteiger partial charge on any atom is 0.303 e. The number of hydrogen-bond donors (Lipinski definition) is 1. The van der Waals surface area contributed by atoms with Crippen LogP contribution in [-0.2, 0) is 190 Å². The van der Waals surface area contributed by atoms with Gasteiger partial charge in [0.1, 0.15) is 154 Å². The predicted molar refractivity (Wildman–Crippen MR) is 406 cm³/mol. The summed E-state index contributed by atoms with van der Waals surface area (Å²) in [6.07, 6.45) is -39.6. The highest BCUT2D eigenvalue weighted by atomic mass is 16.8. The van der Waals surface area contributed by atoms with Crippen molar-refractivity contribution in [2.75, 3.05) is 152 Å². The summed E-state index contributed by atoms with van der Waals surface area (Å²) in [7, 11) is 20.8. The number of ether oxygens (including phenoxy) is 33. The molecule has 700 valence electrons. The second-order valence-corrected chi connectivity index (χ2v) is 29.5. The maximum absolute atomic E-state index is 14.3. The van der Waals surface area contributed by atoms with E-state index in [0.29, 0.717) is 0 Å². The van der Waals surface area contributed by atoms with Crippen molar-refractivity contribution in [3.05, 3.63) is 35.4 Å². The fourth-order valence-electron chi connectivity index (χ4n) is 16.5. The Kier molecular flexibility index (Phi) is 40.3. The van der Waals surface area contributed by atoms with Crippen LogP contribution in [0.5, 0.6) is 0 Å². The molecule has 0 aromatic heterocycles. The number of benzene rings is 1. The molecule has 123 heavy (non-hydrogen) atoms. The van der Waals surface area contributed by atoms with E-state index in [0.717, 1.165) is 53.4 Å². The van der Waals surface area contributed by atoms with E-state index in [-0.39, 0.29) is 56.4 Å². The maximum atomic E-state index is 14.3. The molecule has 8 aliphatic rings. The summed E-state index contributed by atoms with van der Waals surface area (Å²) >= 11 is 0. The third-order valence-corrected chi connectivity index (χ3v) is 21.7. The highest BCUT2D eigenvalue weighted by Gasteiger charge is 2.62. The van der Waals surface area contributed by atoms with Gasteiger partial charge in [0, 0.05) is 148 Å². The molecule has 14 unspecified atom stereocenters. The van der Waals surface area contributed by atoms with Gasteiger partial charge < -0.3 is 161 Å². The number of esters is 7. The molecule has 0 spiro atoms. The number of imide groups is 1. The molecular formula is C79H121NO43. The Hall–Kier alpha value is -6.43. The lowest BCUT2D eigenvalue weighted by Crippen LogP contribution is -2.69. The molecule has 44 nitrogen and oxygen atoms in total. The summed E-state index contributed by atoms with van der Waals surface area (Å²) in [6.45, 7) is 7.01. The lowest BCUT2D eigenvalue weighted by Gasteiger charge is -2.52. The van der Waals surface area contributed by atoms with Crippen LogP contribution in [0.25, 0.3) is 0 Å². The van der Waals surface area contributed by atoms with E-state index in [1.807, 2.05) is 6.92 Å². The highest BCUT2D eigenvalue weighted by molar-refractivity contribution is 6.21. The van der Waals surface area contributed by atoms with Crippen molar-refractivity contribution < 1.29 is 205 Å². The monoisotopic (exact) mass is 1770 g/mol. The van der Waals surface area contributed by atoms with E-state index in [9.17, 15) is 48.3 Å². The van der Waals surface area contributed by atoms with Crippen LogP contribution in [0.15, 0.2) is 24.3 Å². The van der Waals surface area contributed by atoms with Crippen molar-refractivity contribution >= 4 is 53.6 Å². The molecular weight excluding hydrogens is 1650 g/mol. The number of amides is 2. The molecule has 0 saturated carbocycles. The first-order valence-electron chi connectivity index (χ1n) is 39.7. The summed E-state index contributed by atoms with van der Waals surface area (Å²) in [5.41, 5.74) is 0.125. The van der Waals surface area contributed by atoms with Crippen LogP contribution >= 0.6 is 0 Å². The Morgan fingerprint density at radius 2 is 0.626 bits per heavy atom. The average molecular weight is 1770 g/mol. The van der Waals surface area contributed by atoms with Gasteiger partial charge in [0.15, 0.2) is 62.0 Å². The molecule has 0 radical (unpaired) electrons. The first kappa shape index (κ1) is 102. The van der Waals surface area contributed by atoms with Crippen LogP contribution in [0.4, 0.5) is 0 Å². The van der Waals surface area contributed by atoms with Crippen molar-refractivity contribution in [1.82, 2.24) is 4.90 Å². The standard InChI is InChI=1S/C60H85NO33.C19H36O10/c1-26(62)79-24-39-45(82-28(3)64)49(83-29(4)65)53(85-31(6)67)60(89-39)94-46-40(25-80-27(2)63)90-59(54(86-32(7)68)50(46)84-30(5)66)91-42-35(20-61-55(69)33-18-16-17-19-34(33)56(61)70)87-57(51(77-14)47(42)75-12)93-44-38(22-72-9)88-58(52(78-15)48(44)76-13)92-43-37(21-71-8)81-23-36(73-10)41(43)74-11;1-10-13(22-3)16(24-5)15(11(8-20)27-10)29-19-18(26-7)17(25-6)14(23-4)12(28-19)9-21-2/h16-19,35-54,57-60H,20-25H2,1-15H3;10-20H,8-9H2,1-7H3/t35?,36?,37-,38?,39-,40-,41?,42+,43+,44+,45+,46+,47-,48-,49?,50?,51?,52?,53?,54?,57+,58-,59-,60+;10-,11?,12-,13?,14+,15+,16+,17?,18?,19-/m00/s1. The summed E-state index contributed by atoms with van der Waals surface area (Å²) in [4.78, 5) is 120. The number of rotatable bonds is 39. The molecule has 9 rings (SSSR count). The van der Waals surface area contributed by atoms with Gasteiger partial charge in [0.05, 0.1) is 56.8 Å². The zero-order valence-electron chi connectivity index (χ0n) is 73.1. The van der Waals surface area contributed by atoms with Gasteiger partial charge in [-0.1, -0.05) is 12.1 Å². The number of methoxy groups -OCH3 is 14. The Morgan fingerprint density at radius 3 is 1.00 bits per heavy atom. The number of carbonyl (C=O) groups excluding carboxylic acids is 9. The number of hydrogen-bond acceptors (Lipinski definition) is 43. The first-order valence-corrected chi connectivity index (χ1v) is 39.7. The number of aliphatic hydroxyl groups is 1. The summed E-state index contributed by atoms with van der Waals surface area (Å²) < 4.78 is 198. The molecule has 1 N–H and O–H groups in total. The van der Waals surface area contributed by atoms with Gasteiger partial charge >= 0.3 is 41.8 Å². The smallest absolute Gasteiger partial charge is 0.303 e. The fraction of sp³-hybridized carbons (Fsp3) is 0.810. The van der Waals surface area contributed by atoms with Gasteiger partial charge in [-0.15, -0.1) is 0 Å². The minimum Gasteiger partial charge on any atom is -0.463 e. The molecule has 8 aliphatic heterocycles. The van der Waals surface area contributed by atoms with Crippen LogP contribution in [-0.4, -0.2) is 424 Å². The van der Waals surface area contributed by atoms with Crippen molar-refractivity contribution in [2.24, 2.45) is 0 Å². The fourth-order valence-corrected chi connectivity index (χ4v) is 16.5. The second-order valence-electron chi connectivity index (χ2n) is 29.5. The summed E-state index contributed by atoms with van der Waals surface area (Å²) in [6, 6.07) is 6.07. The SMILES string of the molecule is COCC1O[C@@H](O[C@H]2C(OC)C(OC)CO[C@H]2COC)C(OC)[C@@H](OC)[C@@H]1O[C@H]1OC(CN2C(=O)c3ccccc3C2=O)[C@@H](O[C@@H]2O[C@@H](COC(C)=O)[C@@H](O[C@H]3O[C@@H](COC(C)=O)[C@@H](OC(C)=O)C(OC(C)=O)C3OC(C)=O)C(OC(C)=O)C2OC(C)=O)[C@H](OC)C1OC.COC[C@@H]1O[C@@H](O[C@@H]2C(CO)O[C@@H](C)C(OC)[C@H]2OC)C(OC)C(OC)[C@@H]1OC. The topological polar surface area (TPSA) is 482 Å². The summed E-state index contributed by atoms with van der Waals surface area (Å²) in [5, 5.41) is 9.88. The molecule has 44 heteroatoms. The van der Waals surface area contributed by atoms with E-state index in [1.54, 1.807) is 54.8 Å². The van der Waals surface area contributed by atoms with Crippen molar-refractivity contribution in [1.29, 1.82) is 0 Å². The number of aliphatic hydroxyl groups excluding tert-OH is 1. The van der Waals surface area contributed by atoms with Crippen molar-refractivity contribution in [3.63, 3.8) is 0 Å².